The van der Waals surface area contributed by atoms with Gasteiger partial charge in [0.1, 0.15) is 6.04 Å². The number of carbonyl (C=O) groups is 1. The van der Waals surface area contributed by atoms with Crippen LogP contribution >= 0.6 is 12.2 Å². The van der Waals surface area contributed by atoms with E-state index in [0.29, 0.717) is 10.7 Å². The molecule has 1 aromatic heterocycles. The van der Waals surface area contributed by atoms with E-state index in [1.54, 1.807) is 31.3 Å². The van der Waals surface area contributed by atoms with Gasteiger partial charge >= 0.3 is 0 Å². The van der Waals surface area contributed by atoms with Crippen molar-refractivity contribution >= 4 is 23.1 Å². The van der Waals surface area contributed by atoms with Crippen LogP contribution in [0, 0.1) is 0 Å². The van der Waals surface area contributed by atoms with E-state index in [1.807, 2.05) is 0 Å². The van der Waals surface area contributed by atoms with Gasteiger partial charge in [-0.15, -0.1) is 0 Å². The molecule has 0 saturated carbocycles. The fourth-order valence-electron chi connectivity index (χ4n) is 1.04. The molecule has 0 aliphatic carbocycles. The largest absolute Gasteiger partial charge is 0.368 e. The minimum Gasteiger partial charge on any atom is -0.368 e. The summed E-state index contributed by atoms with van der Waals surface area (Å²) in [6.07, 6.45) is 1.60. The Kier molecular flexibility index (Phi) is 3.53. The molecule has 1 rings (SSSR count). The van der Waals surface area contributed by atoms with Gasteiger partial charge in [-0.3, -0.25) is 9.78 Å². The molecule has 0 spiro atoms. The highest BCUT2D eigenvalue weighted by molar-refractivity contribution is 7.80. The van der Waals surface area contributed by atoms with E-state index in [-0.39, 0.29) is 0 Å². The molecule has 0 aromatic carbocycles. The molecule has 0 bridgehead atoms. The maximum absolute atomic E-state index is 11.1. The average molecular weight is 209 g/mol. The Morgan fingerprint density at radius 1 is 1.64 bits per heavy atom. The Bertz CT molecular complexity index is 339. The van der Waals surface area contributed by atoms with Crippen molar-refractivity contribution in [2.45, 2.75) is 13.0 Å². The Hall–Kier alpha value is -1.49. The second-order valence-electron chi connectivity index (χ2n) is 2.79. The number of hydrogen-bond donors (Lipinski definition) is 2. The first kappa shape index (κ1) is 10.6. The molecule has 3 N–H and O–H groups in total. The van der Waals surface area contributed by atoms with Gasteiger partial charge in [-0.05, 0) is 19.1 Å². The molecule has 0 aliphatic rings. The molecular formula is C9H11N3OS. The van der Waals surface area contributed by atoms with E-state index in [4.69, 9.17) is 18.0 Å². The first-order valence-electron chi connectivity index (χ1n) is 4.08. The number of nitrogens with zero attached hydrogens (tertiary/aromatic N) is 1. The number of nitrogens with one attached hydrogen (secondary N) is 1. The standard InChI is InChI=1S/C9H11N3OS/c1-6(14)12-8(9(10)13)7-4-2-3-5-11-7/h2-5,8H,1H3,(H2,10,13)(H,12,14). The summed E-state index contributed by atoms with van der Waals surface area (Å²) in [7, 11) is 0. The molecule has 1 aromatic rings. The molecule has 0 aliphatic heterocycles. The summed E-state index contributed by atoms with van der Waals surface area (Å²) in [5.74, 6) is -0.493. The predicted molar refractivity (Wildman–Crippen MR) is 57.6 cm³/mol. The van der Waals surface area contributed by atoms with Crippen LogP contribution in [0.2, 0.25) is 0 Å². The van der Waals surface area contributed by atoms with Crippen molar-refractivity contribution in [3.8, 4) is 0 Å². The van der Waals surface area contributed by atoms with E-state index >= 15 is 0 Å². The fraction of sp³-hybridized carbons (Fsp3) is 0.222. The van der Waals surface area contributed by atoms with Crippen molar-refractivity contribution in [2.75, 3.05) is 0 Å². The first-order chi connectivity index (χ1) is 6.61. The molecular weight excluding hydrogens is 198 g/mol. The van der Waals surface area contributed by atoms with Gasteiger partial charge in [-0.25, -0.2) is 0 Å². The third-order valence-electron chi connectivity index (χ3n) is 1.62. The minimum absolute atomic E-state index is 0.493. The van der Waals surface area contributed by atoms with Crippen molar-refractivity contribution in [1.82, 2.24) is 10.3 Å². The van der Waals surface area contributed by atoms with Crippen LogP contribution in [-0.2, 0) is 4.79 Å². The molecule has 14 heavy (non-hydrogen) atoms. The molecule has 1 amide bonds. The lowest BCUT2D eigenvalue weighted by atomic mass is 10.2. The van der Waals surface area contributed by atoms with Crippen molar-refractivity contribution in [1.29, 1.82) is 0 Å². The first-order valence-corrected chi connectivity index (χ1v) is 4.49. The summed E-state index contributed by atoms with van der Waals surface area (Å²) in [5.41, 5.74) is 5.79. The molecule has 4 nitrogen and oxygen atoms in total. The highest BCUT2D eigenvalue weighted by Crippen LogP contribution is 2.08. The van der Waals surface area contributed by atoms with Crippen molar-refractivity contribution < 1.29 is 4.79 Å². The van der Waals surface area contributed by atoms with Crippen LogP contribution in [0.4, 0.5) is 0 Å². The number of aromatic nitrogens is 1. The molecule has 1 unspecified atom stereocenters. The van der Waals surface area contributed by atoms with E-state index in [1.165, 1.54) is 0 Å². The van der Waals surface area contributed by atoms with E-state index < -0.39 is 11.9 Å². The highest BCUT2D eigenvalue weighted by Gasteiger charge is 2.18. The lowest BCUT2D eigenvalue weighted by Gasteiger charge is -2.14. The van der Waals surface area contributed by atoms with Crippen molar-refractivity contribution in [3.63, 3.8) is 0 Å². The third kappa shape index (κ3) is 2.77. The third-order valence-corrected chi connectivity index (χ3v) is 1.73. The zero-order valence-electron chi connectivity index (χ0n) is 7.73. The van der Waals surface area contributed by atoms with Crippen LogP contribution in [0.5, 0.6) is 0 Å². The van der Waals surface area contributed by atoms with Crippen molar-refractivity contribution in [2.24, 2.45) is 5.73 Å². The quantitative estimate of drug-likeness (QED) is 0.713. The number of thiocarbonyl (C=S) groups is 1. The minimum atomic E-state index is -0.645. The lowest BCUT2D eigenvalue weighted by molar-refractivity contribution is -0.119. The maximum atomic E-state index is 11.1. The van der Waals surface area contributed by atoms with Crippen LogP contribution < -0.4 is 11.1 Å². The molecule has 0 fully saturated rings. The fourth-order valence-corrected chi connectivity index (χ4v) is 1.16. The summed E-state index contributed by atoms with van der Waals surface area (Å²) in [6.45, 7) is 1.69. The topological polar surface area (TPSA) is 68.0 Å². The Morgan fingerprint density at radius 2 is 2.36 bits per heavy atom. The molecule has 0 saturated heterocycles. The van der Waals surface area contributed by atoms with Gasteiger partial charge in [0.2, 0.25) is 5.91 Å². The monoisotopic (exact) mass is 209 g/mol. The highest BCUT2D eigenvalue weighted by atomic mass is 32.1. The molecule has 5 heteroatoms. The number of amides is 1. The van der Waals surface area contributed by atoms with Gasteiger partial charge in [0.05, 0.1) is 10.7 Å². The number of nitrogens with two attached hydrogens (primary N) is 1. The van der Waals surface area contributed by atoms with Gasteiger partial charge in [-0.1, -0.05) is 18.3 Å². The average Bonchev–Trinajstić information content (AvgIpc) is 2.15. The molecule has 1 heterocycles. The number of rotatable bonds is 3. The van der Waals surface area contributed by atoms with Crippen LogP contribution in [0.3, 0.4) is 0 Å². The van der Waals surface area contributed by atoms with Crippen molar-refractivity contribution in [3.05, 3.63) is 30.1 Å². The Morgan fingerprint density at radius 3 is 2.79 bits per heavy atom. The molecule has 0 radical (unpaired) electrons. The zero-order valence-corrected chi connectivity index (χ0v) is 8.54. The van der Waals surface area contributed by atoms with Crippen LogP contribution in [0.25, 0.3) is 0 Å². The molecule has 1 atom stereocenters. The second-order valence-corrected chi connectivity index (χ2v) is 3.40. The number of primary amides is 1. The SMILES string of the molecule is CC(=S)NC(C(N)=O)c1ccccn1. The predicted octanol–water partition coefficient (Wildman–Crippen LogP) is 0.545. The van der Waals surface area contributed by atoms with Crippen LogP contribution in [0.1, 0.15) is 18.7 Å². The van der Waals surface area contributed by atoms with E-state index in [0.717, 1.165) is 0 Å². The zero-order chi connectivity index (χ0) is 10.6. The second kappa shape index (κ2) is 4.66. The lowest BCUT2D eigenvalue weighted by Crippen LogP contribution is -2.36. The normalized spacial score (nSPS) is 11.8. The van der Waals surface area contributed by atoms with Gasteiger partial charge in [0.25, 0.3) is 0 Å². The number of pyridine rings is 1. The van der Waals surface area contributed by atoms with Crippen LogP contribution in [0.15, 0.2) is 24.4 Å². The summed E-state index contributed by atoms with van der Waals surface area (Å²) < 4.78 is 0. The summed E-state index contributed by atoms with van der Waals surface area (Å²) in [6, 6.07) is 4.64. The van der Waals surface area contributed by atoms with Gasteiger partial charge in [0.15, 0.2) is 0 Å². The summed E-state index contributed by atoms with van der Waals surface area (Å²) in [4.78, 5) is 15.6. The summed E-state index contributed by atoms with van der Waals surface area (Å²) in [5, 5.41) is 2.79. The summed E-state index contributed by atoms with van der Waals surface area (Å²) >= 11 is 4.84. The maximum Gasteiger partial charge on any atom is 0.246 e. The smallest absolute Gasteiger partial charge is 0.246 e. The molecule has 74 valence electrons. The Balaban J connectivity index is 2.89. The van der Waals surface area contributed by atoms with Gasteiger partial charge in [-0.2, -0.15) is 0 Å². The van der Waals surface area contributed by atoms with Gasteiger partial charge < -0.3 is 11.1 Å². The number of hydrogen-bond acceptors (Lipinski definition) is 3. The van der Waals surface area contributed by atoms with Crippen LogP contribution in [-0.4, -0.2) is 15.9 Å². The van der Waals surface area contributed by atoms with Gasteiger partial charge in [0, 0.05) is 6.20 Å². The number of carbonyl (C=O) groups excluding carboxylic acids is 1. The Labute approximate surface area is 87.5 Å². The van der Waals surface area contributed by atoms with E-state index in [9.17, 15) is 4.79 Å². The van der Waals surface area contributed by atoms with E-state index in [2.05, 4.69) is 10.3 Å².